The molecule has 2 aliphatic rings. The molecule has 1 aliphatic heterocycles. The molecule has 1 aliphatic carbocycles. The first kappa shape index (κ1) is 37.7. The Bertz CT molecular complexity index is 1310. The van der Waals surface area contributed by atoms with E-state index in [1.165, 1.54) is 7.11 Å². The van der Waals surface area contributed by atoms with Crippen LogP contribution in [0.5, 0.6) is 0 Å². The zero-order valence-corrected chi connectivity index (χ0v) is 27.7. The van der Waals surface area contributed by atoms with Crippen molar-refractivity contribution in [2.45, 2.75) is 75.4 Å². The molecule has 2 N–H and O–H groups in total. The molecular formula is C33H41Cl2F6N3O3. The third kappa shape index (κ3) is 10.7. The Morgan fingerprint density at radius 1 is 1.00 bits per heavy atom. The minimum absolute atomic E-state index is 0.0855. The molecule has 262 valence electrons. The van der Waals surface area contributed by atoms with Crippen molar-refractivity contribution in [3.63, 3.8) is 0 Å². The molecule has 14 heteroatoms. The highest BCUT2D eigenvalue weighted by molar-refractivity contribution is 6.42. The maximum absolute atomic E-state index is 13.4. The molecule has 1 atom stereocenters. The summed E-state index contributed by atoms with van der Waals surface area (Å²) in [6.07, 6.45) is -3.06. The molecule has 0 spiro atoms. The first-order valence-electron chi connectivity index (χ1n) is 15.7. The van der Waals surface area contributed by atoms with Crippen molar-refractivity contribution in [3.05, 3.63) is 68.7 Å². The molecule has 1 unspecified atom stereocenters. The van der Waals surface area contributed by atoms with Crippen LogP contribution in [0.15, 0.2) is 41.6 Å². The number of hydrogen-bond donors (Lipinski definition) is 2. The van der Waals surface area contributed by atoms with E-state index in [9.17, 15) is 31.4 Å². The summed E-state index contributed by atoms with van der Waals surface area (Å²) in [7, 11) is 1.35. The summed E-state index contributed by atoms with van der Waals surface area (Å²) in [5.41, 5.74) is -2.07. The van der Waals surface area contributed by atoms with Gasteiger partial charge in [-0.15, -0.1) is 0 Å². The first-order valence-corrected chi connectivity index (χ1v) is 16.5. The number of benzene rings is 2. The molecule has 0 amide bonds. The molecule has 2 aromatic carbocycles. The number of rotatable bonds is 14. The second kappa shape index (κ2) is 16.5. The highest BCUT2D eigenvalue weighted by Gasteiger charge is 2.37. The second-order valence-corrected chi connectivity index (χ2v) is 13.3. The number of ether oxygens (including phenoxy) is 1. The van der Waals surface area contributed by atoms with E-state index >= 15 is 0 Å². The van der Waals surface area contributed by atoms with Gasteiger partial charge in [-0.1, -0.05) is 47.3 Å². The van der Waals surface area contributed by atoms with E-state index < -0.39 is 30.1 Å². The van der Waals surface area contributed by atoms with Gasteiger partial charge in [-0.25, -0.2) is 0 Å². The molecule has 1 heterocycles. The van der Waals surface area contributed by atoms with Crippen molar-refractivity contribution in [3.8, 4) is 0 Å². The average Bonchev–Trinajstić information content (AvgIpc) is 3.51. The molecule has 2 fully saturated rings. The third-order valence-corrected chi connectivity index (χ3v) is 9.93. The largest absolute Gasteiger partial charge is 0.416 e. The van der Waals surface area contributed by atoms with Crippen molar-refractivity contribution in [1.82, 2.24) is 10.2 Å². The van der Waals surface area contributed by atoms with Crippen LogP contribution in [-0.2, 0) is 28.5 Å². The molecule has 4 rings (SSSR count). The molecule has 6 nitrogen and oxygen atoms in total. The Morgan fingerprint density at radius 2 is 1.64 bits per heavy atom. The van der Waals surface area contributed by atoms with Gasteiger partial charge in [-0.2, -0.15) is 26.3 Å². The summed E-state index contributed by atoms with van der Waals surface area (Å²) in [5, 5.41) is 18.4. The molecule has 0 bridgehead atoms. The number of likely N-dealkylation sites (tertiary alicyclic amines) is 1. The Balaban J connectivity index is 1.42. The van der Waals surface area contributed by atoms with Gasteiger partial charge in [0, 0.05) is 11.5 Å². The number of hydrogen-bond acceptors (Lipinski definition) is 6. The number of aliphatic hydroxyl groups excluding tert-OH is 1. The normalized spacial score (nSPS) is 18.9. The van der Waals surface area contributed by atoms with Crippen LogP contribution in [0.1, 0.15) is 73.1 Å². The Kier molecular flexibility index (Phi) is 13.3. The van der Waals surface area contributed by atoms with Gasteiger partial charge in [-0.05, 0) is 106 Å². The second-order valence-electron chi connectivity index (χ2n) is 12.5. The molecule has 47 heavy (non-hydrogen) atoms. The smallest absolute Gasteiger partial charge is 0.399 e. The Labute approximate surface area is 281 Å². The maximum Gasteiger partial charge on any atom is 0.416 e. The fraction of sp³-hybridized carbons (Fsp3) is 0.606. The van der Waals surface area contributed by atoms with Crippen LogP contribution < -0.4 is 5.32 Å². The van der Waals surface area contributed by atoms with Gasteiger partial charge >= 0.3 is 12.4 Å². The number of halogens is 8. The van der Waals surface area contributed by atoms with E-state index in [4.69, 9.17) is 32.8 Å². The van der Waals surface area contributed by atoms with E-state index in [-0.39, 0.29) is 36.3 Å². The summed E-state index contributed by atoms with van der Waals surface area (Å²) in [6.45, 7) is 2.77. The predicted molar refractivity (Wildman–Crippen MR) is 170 cm³/mol. The van der Waals surface area contributed by atoms with E-state index in [1.54, 1.807) is 18.2 Å². The molecule has 2 aromatic rings. The third-order valence-electron chi connectivity index (χ3n) is 9.19. The van der Waals surface area contributed by atoms with Gasteiger partial charge in [0.25, 0.3) is 0 Å². The number of aliphatic hydroxyl groups is 1. The van der Waals surface area contributed by atoms with E-state index in [1.807, 2.05) is 0 Å². The van der Waals surface area contributed by atoms with Crippen LogP contribution in [0.4, 0.5) is 26.3 Å². The van der Waals surface area contributed by atoms with Crippen molar-refractivity contribution in [1.29, 1.82) is 0 Å². The highest BCUT2D eigenvalue weighted by Crippen LogP contribution is 2.37. The summed E-state index contributed by atoms with van der Waals surface area (Å²) in [5.74, 6) is 0.122. The van der Waals surface area contributed by atoms with Crippen LogP contribution in [0.25, 0.3) is 0 Å². The lowest BCUT2D eigenvalue weighted by atomic mass is 9.89. The van der Waals surface area contributed by atoms with Gasteiger partial charge in [0.1, 0.15) is 7.11 Å². The van der Waals surface area contributed by atoms with E-state index in [0.29, 0.717) is 46.8 Å². The van der Waals surface area contributed by atoms with Crippen LogP contribution in [-0.4, -0.2) is 67.8 Å². The van der Waals surface area contributed by atoms with Gasteiger partial charge in [0.15, 0.2) is 0 Å². The van der Waals surface area contributed by atoms with Crippen LogP contribution in [0, 0.1) is 5.92 Å². The SMILES string of the molecule is CO/N=C(\COCc1cc(C(F)(F)F)cc(C(F)(F)F)c1)C(CCN1CCC(CNC2(CO)CCCC2)CC1)c1ccc(Cl)c(Cl)c1. The molecular weight excluding hydrogens is 671 g/mol. The topological polar surface area (TPSA) is 66.3 Å². The van der Waals surface area contributed by atoms with E-state index in [0.717, 1.165) is 63.7 Å². The van der Waals surface area contributed by atoms with E-state index in [2.05, 4.69) is 15.4 Å². The van der Waals surface area contributed by atoms with Crippen molar-refractivity contribution in [2.24, 2.45) is 11.1 Å². The highest BCUT2D eigenvalue weighted by atomic mass is 35.5. The van der Waals surface area contributed by atoms with Gasteiger partial charge in [0.2, 0.25) is 0 Å². The zero-order valence-electron chi connectivity index (χ0n) is 26.2. The summed E-state index contributed by atoms with van der Waals surface area (Å²) < 4.78 is 85.8. The molecule has 0 aromatic heterocycles. The maximum atomic E-state index is 13.4. The zero-order chi connectivity index (χ0) is 34.2. The van der Waals surface area contributed by atoms with Crippen LogP contribution >= 0.6 is 23.2 Å². The van der Waals surface area contributed by atoms with Crippen LogP contribution in [0.3, 0.4) is 0 Å². The number of piperidine rings is 1. The van der Waals surface area contributed by atoms with Crippen LogP contribution in [0.2, 0.25) is 10.0 Å². The lowest BCUT2D eigenvalue weighted by Crippen LogP contribution is -2.49. The molecule has 0 radical (unpaired) electrons. The molecule has 1 saturated heterocycles. The lowest BCUT2D eigenvalue weighted by molar-refractivity contribution is -0.143. The van der Waals surface area contributed by atoms with Crippen molar-refractivity contribution < 1.29 is 41.0 Å². The average molecular weight is 713 g/mol. The summed E-state index contributed by atoms with van der Waals surface area (Å²) in [6, 6.07) is 6.54. The van der Waals surface area contributed by atoms with Crippen molar-refractivity contribution >= 4 is 28.9 Å². The number of oxime groups is 1. The predicted octanol–water partition coefficient (Wildman–Crippen LogP) is 8.33. The minimum Gasteiger partial charge on any atom is -0.399 e. The summed E-state index contributed by atoms with van der Waals surface area (Å²) in [4.78, 5) is 7.45. The van der Waals surface area contributed by atoms with Gasteiger partial charge < -0.3 is 24.9 Å². The molecule has 1 saturated carbocycles. The lowest BCUT2D eigenvalue weighted by Gasteiger charge is -2.36. The standard InChI is InChI=1S/C33H41Cl2F6N3O3/c1-46-43-30(20-47-19-23-14-25(32(36,37)38)17-26(15-23)33(39,40)41)27(24-4-5-28(34)29(35)16-24)8-13-44-11-6-22(7-12-44)18-42-31(21-45)9-2-3-10-31/h4-5,14-17,22,27,42,45H,2-3,6-13,18-21H2,1H3/b43-30+. The monoisotopic (exact) mass is 711 g/mol. The first-order chi connectivity index (χ1) is 22.2. The Hall–Kier alpha value is -2.09. The quantitative estimate of drug-likeness (QED) is 0.117. The fourth-order valence-corrected chi connectivity index (χ4v) is 6.77. The number of nitrogens with one attached hydrogen (secondary N) is 1. The number of nitrogens with zero attached hydrogens (tertiary/aromatic N) is 2. The Morgan fingerprint density at radius 3 is 2.19 bits per heavy atom. The minimum atomic E-state index is -4.96. The fourth-order valence-electron chi connectivity index (χ4n) is 6.47. The number of alkyl halides is 6. The van der Waals surface area contributed by atoms with Crippen molar-refractivity contribution in [2.75, 3.05) is 46.5 Å². The van der Waals surface area contributed by atoms with Gasteiger partial charge in [0.05, 0.1) is 46.7 Å². The van der Waals surface area contributed by atoms with Gasteiger partial charge in [-0.3, -0.25) is 0 Å². The summed E-state index contributed by atoms with van der Waals surface area (Å²) >= 11 is 12.5.